The first-order valence-corrected chi connectivity index (χ1v) is 10.3. The molecule has 0 radical (unpaired) electrons. The maximum Gasteiger partial charge on any atom is 0.248 e. The molecule has 2 aromatic rings. The highest BCUT2D eigenvalue weighted by Gasteiger charge is 2.30. The van der Waals surface area contributed by atoms with Gasteiger partial charge in [0.15, 0.2) is 0 Å². The zero-order valence-electron chi connectivity index (χ0n) is 13.8. The van der Waals surface area contributed by atoms with E-state index in [1.54, 1.807) is 48.5 Å². The predicted molar refractivity (Wildman–Crippen MR) is 104 cm³/mol. The third-order valence-corrected chi connectivity index (χ3v) is 5.48. The van der Waals surface area contributed by atoms with Crippen LogP contribution in [0.5, 0.6) is 0 Å². The SMILES string of the molecule is CS(=O)(=O)N(CC(=O)N1CC(=O)Nc2ccccc21)c1cccc(Br)c1. The van der Waals surface area contributed by atoms with Crippen molar-refractivity contribution in [2.75, 3.05) is 33.9 Å². The van der Waals surface area contributed by atoms with Crippen LogP contribution in [0.2, 0.25) is 0 Å². The Bertz CT molecular complexity index is 977. The lowest BCUT2D eigenvalue weighted by Crippen LogP contribution is -2.47. The van der Waals surface area contributed by atoms with Crippen molar-refractivity contribution >= 4 is 54.8 Å². The van der Waals surface area contributed by atoms with Gasteiger partial charge in [0.1, 0.15) is 13.1 Å². The van der Waals surface area contributed by atoms with Crippen molar-refractivity contribution in [3.8, 4) is 0 Å². The maximum absolute atomic E-state index is 12.8. The second kappa shape index (κ2) is 7.08. The number of amides is 2. The minimum Gasteiger partial charge on any atom is -0.323 e. The van der Waals surface area contributed by atoms with Crippen molar-refractivity contribution in [2.24, 2.45) is 0 Å². The molecule has 0 fully saturated rings. The highest BCUT2D eigenvalue weighted by Crippen LogP contribution is 2.29. The van der Waals surface area contributed by atoms with Crippen LogP contribution in [0, 0.1) is 0 Å². The number of anilines is 3. The fourth-order valence-electron chi connectivity index (χ4n) is 2.70. The average molecular weight is 438 g/mol. The molecule has 1 N–H and O–H groups in total. The summed E-state index contributed by atoms with van der Waals surface area (Å²) in [5.74, 6) is -0.817. The van der Waals surface area contributed by atoms with E-state index in [0.717, 1.165) is 10.6 Å². The lowest BCUT2D eigenvalue weighted by atomic mass is 10.2. The number of halogens is 1. The van der Waals surface area contributed by atoms with Crippen molar-refractivity contribution in [1.82, 2.24) is 0 Å². The Balaban J connectivity index is 1.93. The van der Waals surface area contributed by atoms with Gasteiger partial charge in [-0.05, 0) is 30.3 Å². The molecule has 0 aliphatic carbocycles. The van der Waals surface area contributed by atoms with Gasteiger partial charge in [-0.3, -0.25) is 18.8 Å². The molecule has 0 saturated heterocycles. The van der Waals surface area contributed by atoms with Crippen LogP contribution in [0.4, 0.5) is 17.1 Å². The van der Waals surface area contributed by atoms with E-state index in [9.17, 15) is 18.0 Å². The molecule has 1 aliphatic rings. The molecule has 2 amide bonds. The summed E-state index contributed by atoms with van der Waals surface area (Å²) in [4.78, 5) is 26.0. The van der Waals surface area contributed by atoms with Crippen molar-refractivity contribution in [3.05, 3.63) is 53.0 Å². The number of nitrogens with one attached hydrogen (secondary N) is 1. The standard InChI is InChI=1S/C17H16BrN3O4S/c1-26(24,25)21(13-6-4-5-12(18)9-13)11-17(23)20-10-16(22)19-14-7-2-3-8-15(14)20/h2-9H,10-11H2,1H3,(H,19,22). The monoisotopic (exact) mass is 437 g/mol. The number of sulfonamides is 1. The molecule has 7 nitrogen and oxygen atoms in total. The van der Waals surface area contributed by atoms with E-state index in [2.05, 4.69) is 21.2 Å². The minimum atomic E-state index is -3.69. The molecular weight excluding hydrogens is 422 g/mol. The Labute approximate surface area is 159 Å². The normalized spacial score (nSPS) is 13.8. The fraction of sp³-hybridized carbons (Fsp3) is 0.176. The Morgan fingerprint density at radius 3 is 2.65 bits per heavy atom. The van der Waals surface area contributed by atoms with Crippen LogP contribution in [0.3, 0.4) is 0 Å². The summed E-state index contributed by atoms with van der Waals surface area (Å²) in [6.45, 7) is -0.567. The zero-order chi connectivity index (χ0) is 18.9. The number of carbonyl (C=O) groups is 2. The smallest absolute Gasteiger partial charge is 0.248 e. The molecule has 9 heteroatoms. The Morgan fingerprint density at radius 2 is 1.96 bits per heavy atom. The number of carbonyl (C=O) groups excluding carboxylic acids is 2. The zero-order valence-corrected chi connectivity index (χ0v) is 16.2. The summed E-state index contributed by atoms with van der Waals surface area (Å²) in [7, 11) is -3.69. The van der Waals surface area contributed by atoms with Crippen molar-refractivity contribution in [3.63, 3.8) is 0 Å². The largest absolute Gasteiger partial charge is 0.323 e. The lowest BCUT2D eigenvalue weighted by Gasteiger charge is -2.31. The molecule has 136 valence electrons. The number of hydrogen-bond donors (Lipinski definition) is 1. The van der Waals surface area contributed by atoms with Crippen LogP contribution < -0.4 is 14.5 Å². The van der Waals surface area contributed by atoms with Gasteiger partial charge in [-0.15, -0.1) is 0 Å². The number of rotatable bonds is 4. The van der Waals surface area contributed by atoms with Crippen LogP contribution in [0.25, 0.3) is 0 Å². The van der Waals surface area contributed by atoms with Crippen LogP contribution in [0.15, 0.2) is 53.0 Å². The predicted octanol–water partition coefficient (Wildman–Crippen LogP) is 2.20. The maximum atomic E-state index is 12.8. The molecule has 26 heavy (non-hydrogen) atoms. The van der Waals surface area contributed by atoms with Gasteiger partial charge in [0.25, 0.3) is 0 Å². The third kappa shape index (κ3) is 3.88. The van der Waals surface area contributed by atoms with Gasteiger partial charge in [0.05, 0.1) is 23.3 Å². The lowest BCUT2D eigenvalue weighted by molar-refractivity contribution is -0.121. The topological polar surface area (TPSA) is 86.8 Å². The molecule has 0 bridgehead atoms. The summed E-state index contributed by atoms with van der Waals surface area (Å²) in [6, 6.07) is 13.6. The first-order valence-electron chi connectivity index (χ1n) is 7.68. The van der Waals surface area contributed by atoms with Crippen molar-refractivity contribution < 1.29 is 18.0 Å². The van der Waals surface area contributed by atoms with Gasteiger partial charge in [-0.2, -0.15) is 0 Å². The summed E-state index contributed by atoms with van der Waals surface area (Å²) in [6.07, 6.45) is 1.04. The van der Waals surface area contributed by atoms with E-state index in [0.29, 0.717) is 21.5 Å². The number of hydrogen-bond acceptors (Lipinski definition) is 4. The molecule has 1 heterocycles. The van der Waals surface area contributed by atoms with Gasteiger partial charge in [-0.1, -0.05) is 34.1 Å². The second-order valence-corrected chi connectivity index (χ2v) is 8.62. The highest BCUT2D eigenvalue weighted by molar-refractivity contribution is 9.10. The summed E-state index contributed by atoms with van der Waals surface area (Å²) >= 11 is 3.30. The molecule has 0 aromatic heterocycles. The van der Waals surface area contributed by atoms with Gasteiger partial charge in [0.2, 0.25) is 21.8 Å². The summed E-state index contributed by atoms with van der Waals surface area (Å²) in [5, 5.41) is 2.70. The van der Waals surface area contributed by atoms with Crippen LogP contribution in [-0.4, -0.2) is 39.6 Å². The average Bonchev–Trinajstić information content (AvgIpc) is 2.57. The molecule has 0 unspecified atom stereocenters. The molecular formula is C17H16BrN3O4S. The minimum absolute atomic E-state index is 0.161. The quantitative estimate of drug-likeness (QED) is 0.793. The molecule has 2 aromatic carbocycles. The molecule has 3 rings (SSSR count). The number of nitrogens with zero attached hydrogens (tertiary/aromatic N) is 2. The van der Waals surface area contributed by atoms with Gasteiger partial charge in [0, 0.05) is 4.47 Å². The van der Waals surface area contributed by atoms with Crippen molar-refractivity contribution in [2.45, 2.75) is 0 Å². The number of benzene rings is 2. The van der Waals surface area contributed by atoms with E-state index in [-0.39, 0.29) is 12.5 Å². The number of para-hydroxylation sites is 2. The number of fused-ring (bicyclic) bond motifs is 1. The highest BCUT2D eigenvalue weighted by atomic mass is 79.9. The van der Waals surface area contributed by atoms with Crippen molar-refractivity contribution in [1.29, 1.82) is 0 Å². The molecule has 1 aliphatic heterocycles. The van der Waals surface area contributed by atoms with E-state index >= 15 is 0 Å². The molecule has 0 atom stereocenters. The van der Waals surface area contributed by atoms with Crippen LogP contribution in [-0.2, 0) is 19.6 Å². The molecule has 0 spiro atoms. The molecule has 0 saturated carbocycles. The van der Waals surface area contributed by atoms with Gasteiger partial charge in [-0.25, -0.2) is 8.42 Å². The van der Waals surface area contributed by atoms with Crippen LogP contribution >= 0.6 is 15.9 Å². The second-order valence-electron chi connectivity index (χ2n) is 5.79. The van der Waals surface area contributed by atoms with E-state index in [1.807, 2.05) is 0 Å². The first kappa shape index (κ1) is 18.4. The first-order chi connectivity index (χ1) is 12.3. The summed E-state index contributed by atoms with van der Waals surface area (Å²) in [5.41, 5.74) is 1.43. The fourth-order valence-corrected chi connectivity index (χ4v) is 3.92. The summed E-state index contributed by atoms with van der Waals surface area (Å²) < 4.78 is 26.2. The third-order valence-electron chi connectivity index (χ3n) is 3.85. The van der Waals surface area contributed by atoms with E-state index < -0.39 is 22.5 Å². The van der Waals surface area contributed by atoms with E-state index in [4.69, 9.17) is 0 Å². The van der Waals surface area contributed by atoms with Gasteiger partial charge >= 0.3 is 0 Å². The Kier molecular flexibility index (Phi) is 5.01. The Morgan fingerprint density at radius 1 is 1.23 bits per heavy atom. The van der Waals surface area contributed by atoms with Crippen LogP contribution in [0.1, 0.15) is 0 Å². The van der Waals surface area contributed by atoms with Gasteiger partial charge < -0.3 is 5.32 Å². The Hall–Kier alpha value is -2.39. The van der Waals surface area contributed by atoms with E-state index in [1.165, 1.54) is 4.90 Å².